The first kappa shape index (κ1) is 26.0. The molecule has 3 heterocycles. The summed E-state index contributed by atoms with van der Waals surface area (Å²) in [6, 6.07) is 51.1. The molecule has 0 saturated carbocycles. The fourth-order valence-electron chi connectivity index (χ4n) is 6.15. The summed E-state index contributed by atoms with van der Waals surface area (Å²) in [4.78, 5) is 20.0. The second-order valence-electron chi connectivity index (χ2n) is 11.1. The Labute approximate surface area is 264 Å². The summed E-state index contributed by atoms with van der Waals surface area (Å²) in [6.45, 7) is 0. The Balaban J connectivity index is 1.36. The lowest BCUT2D eigenvalue weighted by molar-refractivity contribution is 0.620. The van der Waals surface area contributed by atoms with Gasteiger partial charge in [0.25, 0.3) is 0 Å². The number of rotatable bonds is 5. The van der Waals surface area contributed by atoms with Crippen molar-refractivity contribution in [1.29, 1.82) is 0 Å². The predicted molar refractivity (Wildman–Crippen MR) is 183 cm³/mol. The monoisotopic (exact) mass is 591 g/mol. The minimum absolute atomic E-state index is 0.539. The van der Waals surface area contributed by atoms with Crippen LogP contribution in [0.15, 0.2) is 156 Å². The molecule has 0 fully saturated rings. The summed E-state index contributed by atoms with van der Waals surface area (Å²) in [5.74, 6) is 2.30. The van der Waals surface area contributed by atoms with Crippen LogP contribution in [-0.4, -0.2) is 24.5 Å². The van der Waals surface area contributed by atoms with Crippen LogP contribution in [0.1, 0.15) is 0 Å². The summed E-state index contributed by atoms with van der Waals surface area (Å²) in [5, 5.41) is 2.36. The van der Waals surface area contributed by atoms with Gasteiger partial charge in [0, 0.05) is 33.0 Å². The maximum atomic E-state index is 6.23. The second-order valence-corrected chi connectivity index (χ2v) is 11.1. The minimum atomic E-state index is 0.539. The number of para-hydroxylation sites is 4. The molecule has 0 unspecified atom stereocenters. The highest BCUT2D eigenvalue weighted by Gasteiger charge is 2.21. The van der Waals surface area contributed by atoms with E-state index in [2.05, 4.69) is 71.3 Å². The number of aromatic nitrogens is 5. The lowest BCUT2D eigenvalue weighted by atomic mass is 10.1. The van der Waals surface area contributed by atoms with Crippen LogP contribution in [0.2, 0.25) is 0 Å². The zero-order chi connectivity index (χ0) is 30.5. The maximum absolute atomic E-state index is 6.23. The third kappa shape index (κ3) is 4.35. The Hall–Kier alpha value is -6.40. The molecule has 0 saturated heterocycles. The Bertz CT molecular complexity index is 2390. The highest BCUT2D eigenvalue weighted by molar-refractivity contribution is 6.09. The Kier molecular flexibility index (Phi) is 6.03. The smallest absolute Gasteiger partial charge is 0.227 e. The van der Waals surface area contributed by atoms with Gasteiger partial charge in [0.05, 0.1) is 16.7 Å². The molecule has 0 spiro atoms. The molecule has 0 atom stereocenters. The molecule has 9 rings (SSSR count). The lowest BCUT2D eigenvalue weighted by Gasteiger charge is -2.15. The summed E-state index contributed by atoms with van der Waals surface area (Å²) in [5.41, 5.74) is 8.18. The summed E-state index contributed by atoms with van der Waals surface area (Å²) >= 11 is 0. The number of oxazole rings is 1. The molecule has 0 aliphatic carbocycles. The largest absolute Gasteiger partial charge is 0.436 e. The molecule has 0 N–H and O–H groups in total. The zero-order valence-electron chi connectivity index (χ0n) is 24.6. The van der Waals surface area contributed by atoms with E-state index in [1.807, 2.05) is 84.9 Å². The zero-order valence-corrected chi connectivity index (χ0v) is 24.6. The summed E-state index contributed by atoms with van der Waals surface area (Å²) in [7, 11) is 0. The van der Waals surface area contributed by atoms with E-state index in [9.17, 15) is 0 Å². The molecule has 0 aliphatic rings. The van der Waals surface area contributed by atoms with Crippen molar-refractivity contribution in [2.45, 2.75) is 0 Å². The number of hydrogen-bond acceptors (Lipinski definition) is 5. The van der Waals surface area contributed by atoms with E-state index in [1.165, 1.54) is 10.8 Å². The average Bonchev–Trinajstić information content (AvgIpc) is 3.72. The Morgan fingerprint density at radius 1 is 0.435 bits per heavy atom. The molecule has 0 amide bonds. The standard InChI is InChI=1S/C40H25N5O/c1-3-13-26(14-4-1)37-42-38(27-15-5-2-6-16-27)44-39(43-37)31-25-28(40-41-32-19-9-12-22-36(32)46-40)23-24-35(31)45-33-20-10-7-17-29(33)30-18-8-11-21-34(30)45/h1-25H. The molecule has 3 aromatic heterocycles. The van der Waals surface area contributed by atoms with Crippen molar-refractivity contribution in [3.8, 4) is 51.3 Å². The SMILES string of the molecule is c1ccc(-c2nc(-c3ccccc3)nc(-c3cc(-c4nc5ccccc5o4)ccc3-n3c4ccccc4c4ccccc43)n2)cc1. The van der Waals surface area contributed by atoms with Gasteiger partial charge >= 0.3 is 0 Å². The Morgan fingerprint density at radius 2 is 0.978 bits per heavy atom. The highest BCUT2D eigenvalue weighted by Crippen LogP contribution is 2.38. The number of fused-ring (bicyclic) bond motifs is 4. The predicted octanol–water partition coefficient (Wildman–Crippen LogP) is 9.78. The molecular formula is C40H25N5O. The van der Waals surface area contributed by atoms with Crippen LogP contribution in [-0.2, 0) is 0 Å². The van der Waals surface area contributed by atoms with Gasteiger partial charge in [-0.15, -0.1) is 0 Å². The van der Waals surface area contributed by atoms with Crippen LogP contribution in [0.4, 0.5) is 0 Å². The van der Waals surface area contributed by atoms with E-state index >= 15 is 0 Å². The van der Waals surface area contributed by atoms with Crippen LogP contribution < -0.4 is 0 Å². The van der Waals surface area contributed by atoms with E-state index < -0.39 is 0 Å². The van der Waals surface area contributed by atoms with E-state index in [1.54, 1.807) is 0 Å². The highest BCUT2D eigenvalue weighted by atomic mass is 16.3. The van der Waals surface area contributed by atoms with Crippen LogP contribution >= 0.6 is 0 Å². The molecule has 6 heteroatoms. The molecular weight excluding hydrogens is 566 g/mol. The molecule has 6 nitrogen and oxygen atoms in total. The van der Waals surface area contributed by atoms with Crippen molar-refractivity contribution in [1.82, 2.24) is 24.5 Å². The number of hydrogen-bond donors (Lipinski definition) is 0. The van der Waals surface area contributed by atoms with Gasteiger partial charge in [0.15, 0.2) is 23.1 Å². The van der Waals surface area contributed by atoms with Crippen LogP contribution in [0, 0.1) is 0 Å². The fraction of sp³-hybridized carbons (Fsp3) is 0. The van der Waals surface area contributed by atoms with Gasteiger partial charge in [-0.2, -0.15) is 0 Å². The Morgan fingerprint density at radius 3 is 1.61 bits per heavy atom. The first-order valence-electron chi connectivity index (χ1n) is 15.2. The van der Waals surface area contributed by atoms with E-state index in [0.29, 0.717) is 23.4 Å². The van der Waals surface area contributed by atoms with Crippen molar-refractivity contribution in [3.63, 3.8) is 0 Å². The normalized spacial score (nSPS) is 11.5. The van der Waals surface area contributed by atoms with Gasteiger partial charge in [-0.05, 0) is 42.5 Å². The van der Waals surface area contributed by atoms with Crippen molar-refractivity contribution in [3.05, 3.63) is 152 Å². The third-order valence-corrected chi connectivity index (χ3v) is 8.30. The lowest BCUT2D eigenvalue weighted by Crippen LogP contribution is -2.04. The van der Waals surface area contributed by atoms with Crippen LogP contribution in [0.5, 0.6) is 0 Å². The van der Waals surface area contributed by atoms with Crippen molar-refractivity contribution in [2.24, 2.45) is 0 Å². The average molecular weight is 592 g/mol. The van der Waals surface area contributed by atoms with Crippen molar-refractivity contribution < 1.29 is 4.42 Å². The molecule has 216 valence electrons. The molecule has 0 bridgehead atoms. The van der Waals surface area contributed by atoms with Gasteiger partial charge in [-0.1, -0.05) is 109 Å². The molecule has 6 aromatic carbocycles. The summed E-state index contributed by atoms with van der Waals surface area (Å²) < 4.78 is 8.53. The quantitative estimate of drug-likeness (QED) is 0.199. The van der Waals surface area contributed by atoms with Gasteiger partial charge < -0.3 is 8.98 Å². The van der Waals surface area contributed by atoms with Crippen molar-refractivity contribution >= 4 is 32.9 Å². The molecule has 9 aromatic rings. The van der Waals surface area contributed by atoms with Gasteiger partial charge in [0.1, 0.15) is 5.52 Å². The number of benzene rings is 6. The van der Waals surface area contributed by atoms with E-state index in [-0.39, 0.29) is 0 Å². The third-order valence-electron chi connectivity index (χ3n) is 8.30. The minimum Gasteiger partial charge on any atom is -0.436 e. The first-order chi connectivity index (χ1) is 22.8. The van der Waals surface area contributed by atoms with Gasteiger partial charge in [-0.25, -0.2) is 19.9 Å². The van der Waals surface area contributed by atoms with Crippen molar-refractivity contribution in [2.75, 3.05) is 0 Å². The van der Waals surface area contributed by atoms with E-state index in [4.69, 9.17) is 24.4 Å². The van der Waals surface area contributed by atoms with Crippen LogP contribution in [0.25, 0.3) is 84.2 Å². The van der Waals surface area contributed by atoms with Gasteiger partial charge in [-0.3, -0.25) is 0 Å². The second kappa shape index (κ2) is 10.6. The van der Waals surface area contributed by atoms with Gasteiger partial charge in [0.2, 0.25) is 5.89 Å². The summed E-state index contributed by atoms with van der Waals surface area (Å²) in [6.07, 6.45) is 0. The molecule has 0 radical (unpaired) electrons. The van der Waals surface area contributed by atoms with Crippen LogP contribution in [0.3, 0.4) is 0 Å². The maximum Gasteiger partial charge on any atom is 0.227 e. The molecule has 0 aliphatic heterocycles. The topological polar surface area (TPSA) is 69.6 Å². The molecule has 46 heavy (non-hydrogen) atoms. The number of nitrogens with zero attached hydrogens (tertiary/aromatic N) is 5. The fourth-order valence-corrected chi connectivity index (χ4v) is 6.15. The first-order valence-corrected chi connectivity index (χ1v) is 15.2. The van der Waals surface area contributed by atoms with E-state index in [0.717, 1.165) is 50.1 Å².